The summed E-state index contributed by atoms with van der Waals surface area (Å²) in [6.45, 7) is 6.22. The van der Waals surface area contributed by atoms with E-state index in [0.717, 1.165) is 16.8 Å². The van der Waals surface area contributed by atoms with E-state index < -0.39 is 5.54 Å². The highest BCUT2D eigenvalue weighted by molar-refractivity contribution is 6.30. The third-order valence-corrected chi connectivity index (χ3v) is 5.17. The first-order valence-electron chi connectivity index (χ1n) is 9.43. The summed E-state index contributed by atoms with van der Waals surface area (Å²) in [5.41, 5.74) is 1.55. The molecular formula is C21H21ClN6O. The normalized spacial score (nSPS) is 17.7. The predicted molar refractivity (Wildman–Crippen MR) is 112 cm³/mol. The van der Waals surface area contributed by atoms with Crippen LogP contribution in [0.25, 0.3) is 5.82 Å². The van der Waals surface area contributed by atoms with Crippen molar-refractivity contribution in [1.82, 2.24) is 25.1 Å². The van der Waals surface area contributed by atoms with E-state index in [1.807, 2.05) is 61.7 Å². The van der Waals surface area contributed by atoms with Crippen LogP contribution < -0.4 is 5.32 Å². The van der Waals surface area contributed by atoms with Crippen molar-refractivity contribution in [3.8, 4) is 5.82 Å². The quantitative estimate of drug-likeness (QED) is 0.718. The summed E-state index contributed by atoms with van der Waals surface area (Å²) in [6.07, 6.45) is 1.87. The third-order valence-electron chi connectivity index (χ3n) is 4.92. The van der Waals surface area contributed by atoms with Gasteiger partial charge in [0.25, 0.3) is 0 Å². The molecule has 8 heteroatoms. The molecule has 0 fully saturated rings. The second-order valence-electron chi connectivity index (χ2n) is 7.15. The van der Waals surface area contributed by atoms with Gasteiger partial charge in [-0.25, -0.2) is 4.98 Å². The first-order chi connectivity index (χ1) is 13.9. The number of rotatable bonds is 4. The molecule has 1 unspecified atom stereocenters. The molecule has 1 aliphatic rings. The minimum absolute atomic E-state index is 0.0969. The van der Waals surface area contributed by atoms with Crippen molar-refractivity contribution in [2.75, 3.05) is 6.54 Å². The maximum Gasteiger partial charge on any atom is 0.222 e. The maximum absolute atomic E-state index is 12.5. The number of carbonyl (C=O) groups excluding carboxylic acids is 1. The fourth-order valence-corrected chi connectivity index (χ4v) is 3.73. The molecule has 148 valence electrons. The first kappa shape index (κ1) is 19.3. The largest absolute Gasteiger partial charge is 0.356 e. The molecule has 29 heavy (non-hydrogen) atoms. The van der Waals surface area contributed by atoms with E-state index in [1.165, 1.54) is 0 Å². The Morgan fingerprint density at radius 2 is 1.97 bits per heavy atom. The second-order valence-corrected chi connectivity index (χ2v) is 7.59. The SMILES string of the molecule is CCNC(=O)CC1(C)N=C(c2ccc(Cl)cc2)c2cccnc2-n2c(C)nnc21. The molecule has 2 aromatic heterocycles. The van der Waals surface area contributed by atoms with Crippen molar-refractivity contribution in [2.24, 2.45) is 4.99 Å². The number of halogens is 1. The number of aromatic nitrogens is 4. The lowest BCUT2D eigenvalue weighted by molar-refractivity contribution is -0.122. The summed E-state index contributed by atoms with van der Waals surface area (Å²) in [5, 5.41) is 12.1. The average Bonchev–Trinajstić information content (AvgIpc) is 3.04. The molecular weight excluding hydrogens is 388 g/mol. The lowest BCUT2D eigenvalue weighted by Gasteiger charge is -2.23. The summed E-state index contributed by atoms with van der Waals surface area (Å²) in [7, 11) is 0. The van der Waals surface area contributed by atoms with Gasteiger partial charge in [0.2, 0.25) is 5.91 Å². The first-order valence-corrected chi connectivity index (χ1v) is 9.81. The molecule has 0 saturated heterocycles. The van der Waals surface area contributed by atoms with Crippen LogP contribution in [0.1, 0.15) is 43.0 Å². The number of hydrogen-bond acceptors (Lipinski definition) is 5. The zero-order valence-corrected chi connectivity index (χ0v) is 17.2. The van der Waals surface area contributed by atoms with Crippen LogP contribution >= 0.6 is 11.6 Å². The van der Waals surface area contributed by atoms with E-state index in [0.29, 0.717) is 29.0 Å². The fourth-order valence-electron chi connectivity index (χ4n) is 3.60. The number of amides is 1. The van der Waals surface area contributed by atoms with Gasteiger partial charge in [-0.3, -0.25) is 14.4 Å². The molecule has 4 rings (SSSR count). The minimum atomic E-state index is -0.920. The summed E-state index contributed by atoms with van der Waals surface area (Å²) >= 11 is 6.09. The zero-order chi connectivity index (χ0) is 20.6. The highest BCUT2D eigenvalue weighted by Gasteiger charge is 2.39. The van der Waals surface area contributed by atoms with Crippen molar-refractivity contribution in [3.05, 3.63) is 70.4 Å². The highest BCUT2D eigenvalue weighted by atomic mass is 35.5. The predicted octanol–water partition coefficient (Wildman–Crippen LogP) is 3.22. The van der Waals surface area contributed by atoms with E-state index in [1.54, 1.807) is 6.20 Å². The number of aliphatic imine (C=N–C) groups is 1. The molecule has 1 aliphatic heterocycles. The number of aryl methyl sites for hydroxylation is 1. The van der Waals surface area contributed by atoms with Crippen molar-refractivity contribution in [1.29, 1.82) is 0 Å². The number of hydrogen-bond donors (Lipinski definition) is 1. The average molecular weight is 409 g/mol. The smallest absolute Gasteiger partial charge is 0.222 e. The Labute approximate surface area is 173 Å². The zero-order valence-electron chi connectivity index (χ0n) is 16.5. The molecule has 1 N–H and O–H groups in total. The highest BCUT2D eigenvalue weighted by Crippen LogP contribution is 2.36. The van der Waals surface area contributed by atoms with E-state index in [4.69, 9.17) is 16.6 Å². The molecule has 0 spiro atoms. The molecule has 3 heterocycles. The lowest BCUT2D eigenvalue weighted by Crippen LogP contribution is -2.33. The van der Waals surface area contributed by atoms with Crippen molar-refractivity contribution < 1.29 is 4.79 Å². The van der Waals surface area contributed by atoms with Crippen LogP contribution in [0.15, 0.2) is 47.6 Å². The van der Waals surface area contributed by atoms with Gasteiger partial charge in [0.1, 0.15) is 17.2 Å². The van der Waals surface area contributed by atoms with Crippen molar-refractivity contribution in [2.45, 2.75) is 32.7 Å². The lowest BCUT2D eigenvalue weighted by atomic mass is 9.95. The molecule has 1 amide bonds. The number of benzene rings is 1. The summed E-state index contributed by atoms with van der Waals surface area (Å²) in [5.74, 6) is 1.87. The van der Waals surface area contributed by atoms with Gasteiger partial charge in [-0.05, 0) is 45.0 Å². The van der Waals surface area contributed by atoms with E-state index in [-0.39, 0.29) is 12.3 Å². The van der Waals surface area contributed by atoms with Crippen LogP contribution in [0.4, 0.5) is 0 Å². The number of pyridine rings is 1. The van der Waals surface area contributed by atoms with Crippen LogP contribution in [-0.4, -0.2) is 37.9 Å². The van der Waals surface area contributed by atoms with Crippen LogP contribution in [0, 0.1) is 6.92 Å². The van der Waals surface area contributed by atoms with Gasteiger partial charge in [0, 0.05) is 28.9 Å². The standard InChI is InChI=1S/C21H21ClN6O/c1-4-23-17(29)12-21(3)20-27-26-13(2)28(20)19-16(6-5-11-24-19)18(25-21)14-7-9-15(22)10-8-14/h5-11H,4,12H2,1-3H3,(H,23,29). The minimum Gasteiger partial charge on any atom is -0.356 e. The summed E-state index contributed by atoms with van der Waals surface area (Å²) in [4.78, 5) is 22.2. The molecule has 0 aliphatic carbocycles. The number of nitrogens with zero attached hydrogens (tertiary/aromatic N) is 5. The van der Waals surface area contributed by atoms with Crippen LogP contribution in [0.5, 0.6) is 0 Å². The van der Waals surface area contributed by atoms with E-state index in [2.05, 4.69) is 20.5 Å². The topological polar surface area (TPSA) is 85.1 Å². The maximum atomic E-state index is 12.5. The summed E-state index contributed by atoms with van der Waals surface area (Å²) < 4.78 is 1.89. The molecule has 0 saturated carbocycles. The van der Waals surface area contributed by atoms with Gasteiger partial charge >= 0.3 is 0 Å². The molecule has 7 nitrogen and oxygen atoms in total. The van der Waals surface area contributed by atoms with Crippen LogP contribution in [0.2, 0.25) is 5.02 Å². The monoisotopic (exact) mass is 408 g/mol. The Balaban J connectivity index is 1.99. The number of carbonyl (C=O) groups is 1. The Morgan fingerprint density at radius 3 is 2.69 bits per heavy atom. The van der Waals surface area contributed by atoms with E-state index >= 15 is 0 Å². The van der Waals surface area contributed by atoms with E-state index in [9.17, 15) is 4.79 Å². The van der Waals surface area contributed by atoms with Gasteiger partial charge in [0.15, 0.2) is 5.82 Å². The molecule has 1 atom stereocenters. The molecule has 1 aromatic carbocycles. The van der Waals surface area contributed by atoms with Gasteiger partial charge in [-0.2, -0.15) is 0 Å². The van der Waals surface area contributed by atoms with Crippen molar-refractivity contribution >= 4 is 23.2 Å². The van der Waals surface area contributed by atoms with Crippen LogP contribution in [-0.2, 0) is 10.3 Å². The summed E-state index contributed by atoms with van der Waals surface area (Å²) in [6, 6.07) is 11.3. The Hall–Kier alpha value is -3.06. The Kier molecular flexibility index (Phi) is 4.92. The number of fused-ring (bicyclic) bond motifs is 3. The van der Waals surface area contributed by atoms with Crippen LogP contribution in [0.3, 0.4) is 0 Å². The van der Waals surface area contributed by atoms with Crippen molar-refractivity contribution in [3.63, 3.8) is 0 Å². The molecule has 0 radical (unpaired) electrons. The second kappa shape index (κ2) is 7.40. The van der Waals surface area contributed by atoms with Gasteiger partial charge in [0.05, 0.1) is 12.1 Å². The fraction of sp³-hybridized carbons (Fsp3) is 0.286. The molecule has 3 aromatic rings. The molecule has 0 bridgehead atoms. The van der Waals surface area contributed by atoms with Gasteiger partial charge in [-0.1, -0.05) is 23.7 Å². The Bertz CT molecular complexity index is 1100. The Morgan fingerprint density at radius 1 is 1.21 bits per heavy atom. The number of nitrogens with one attached hydrogen (secondary N) is 1. The van der Waals surface area contributed by atoms with Gasteiger partial charge in [-0.15, -0.1) is 10.2 Å². The third kappa shape index (κ3) is 3.42. The van der Waals surface area contributed by atoms with Gasteiger partial charge < -0.3 is 5.32 Å².